The van der Waals surface area contributed by atoms with Gasteiger partial charge in [0.05, 0.1) is 12.2 Å². The molecule has 0 aliphatic heterocycles. The molecule has 1 aromatic carbocycles. The summed E-state index contributed by atoms with van der Waals surface area (Å²) in [5.41, 5.74) is 2.59. The van der Waals surface area contributed by atoms with E-state index in [0.29, 0.717) is 24.9 Å². The van der Waals surface area contributed by atoms with E-state index in [4.69, 9.17) is 14.7 Å². The van der Waals surface area contributed by atoms with Crippen LogP contribution in [-0.4, -0.2) is 49.3 Å². The number of alkyl halides is 3. The predicted molar refractivity (Wildman–Crippen MR) is 133 cm³/mol. The number of halogens is 3. The van der Waals surface area contributed by atoms with E-state index in [-0.39, 0.29) is 22.7 Å². The summed E-state index contributed by atoms with van der Waals surface area (Å²) in [6.07, 6.45) is 2.81. The van der Waals surface area contributed by atoms with E-state index in [1.807, 2.05) is 6.08 Å². The fourth-order valence-corrected chi connectivity index (χ4v) is 8.05. The summed E-state index contributed by atoms with van der Waals surface area (Å²) in [5, 5.41) is 11.5. The average molecular weight is 518 g/mol. The second-order valence-corrected chi connectivity index (χ2v) is 11.2. The molecule has 0 saturated heterocycles. The smallest absolute Gasteiger partial charge is 0.410 e. The number of hydrogen-bond acceptors (Lipinski definition) is 5. The summed E-state index contributed by atoms with van der Waals surface area (Å²) in [4.78, 5) is 12.2. The van der Waals surface area contributed by atoms with Crippen molar-refractivity contribution in [2.45, 2.75) is 69.6 Å². The van der Waals surface area contributed by atoms with Gasteiger partial charge in [0.1, 0.15) is 0 Å². The summed E-state index contributed by atoms with van der Waals surface area (Å²) >= 11 is 0. The Kier molecular flexibility index (Phi) is 6.64. The zero-order valence-corrected chi connectivity index (χ0v) is 21.5. The van der Waals surface area contributed by atoms with E-state index in [1.54, 1.807) is 26.4 Å². The molecule has 5 rings (SSSR count). The summed E-state index contributed by atoms with van der Waals surface area (Å²) < 4.78 is 51.9. The number of benzene rings is 1. The predicted octanol–water partition coefficient (Wildman–Crippen LogP) is 6.36. The van der Waals surface area contributed by atoms with Crippen molar-refractivity contribution in [3.8, 4) is 0 Å². The maximum atomic E-state index is 13.3. The first-order chi connectivity index (χ1) is 17.6. The number of methoxy groups -OCH3 is 2. The molecule has 1 aromatic rings. The molecule has 4 aliphatic rings. The molecule has 0 radical (unpaired) electrons. The Balaban J connectivity index is 1.63. The van der Waals surface area contributed by atoms with Crippen molar-refractivity contribution < 1.29 is 32.6 Å². The molecule has 0 amide bonds. The number of hydrogen-bond donors (Lipinski definition) is 1. The highest BCUT2D eigenvalue weighted by atomic mass is 19.4. The molecule has 0 bridgehead atoms. The Labute approximate surface area is 215 Å². The van der Waals surface area contributed by atoms with Crippen molar-refractivity contribution >= 4 is 11.5 Å². The van der Waals surface area contributed by atoms with Crippen molar-refractivity contribution in [3.63, 3.8) is 0 Å². The quantitative estimate of drug-likeness (QED) is 0.280. The van der Waals surface area contributed by atoms with Gasteiger partial charge in [0.25, 0.3) is 0 Å². The van der Waals surface area contributed by atoms with Crippen LogP contribution in [0.1, 0.15) is 68.9 Å². The second-order valence-electron chi connectivity index (χ2n) is 11.2. The minimum atomic E-state index is -4.75. The maximum absolute atomic E-state index is 13.3. The minimum absolute atomic E-state index is 0.0166. The number of ketones is 1. The third-order valence-electron chi connectivity index (χ3n) is 9.75. The normalized spacial score (nSPS) is 34.1. The average Bonchev–Trinajstić information content (AvgIpc) is 3.15. The molecule has 0 spiro atoms. The van der Waals surface area contributed by atoms with Gasteiger partial charge in [0.2, 0.25) is 0 Å². The van der Waals surface area contributed by atoms with E-state index in [2.05, 4.69) is 12.1 Å². The van der Waals surface area contributed by atoms with Gasteiger partial charge >= 0.3 is 6.18 Å². The Hall–Kier alpha value is -2.45. The first-order valence-electron chi connectivity index (χ1n) is 13.0. The molecular formula is C29H34F3NO4. The van der Waals surface area contributed by atoms with Gasteiger partial charge in [-0.1, -0.05) is 41.9 Å². The van der Waals surface area contributed by atoms with Gasteiger partial charge in [0, 0.05) is 37.5 Å². The first kappa shape index (κ1) is 26.2. The fraction of sp³-hybridized carbons (Fsp3) is 0.586. The number of carbonyl (C=O) groups is 1. The largest absolute Gasteiger partial charge is 0.437 e. The SMILES string of the molecule is COC[C@]1(OC)CC[C@H]2[C@@H]3CCC4=CC(=O)CCC4=C3[C@@H](c3ccc(/C(=N\O)C(F)(F)F)cc3)C[C@@]21C. The molecule has 0 unspecified atom stereocenters. The minimum Gasteiger partial charge on any atom is -0.410 e. The van der Waals surface area contributed by atoms with E-state index in [1.165, 1.54) is 23.3 Å². The topological polar surface area (TPSA) is 68.1 Å². The first-order valence-corrected chi connectivity index (χ1v) is 13.0. The van der Waals surface area contributed by atoms with Crippen LogP contribution in [-0.2, 0) is 14.3 Å². The fourth-order valence-electron chi connectivity index (χ4n) is 8.05. The Morgan fingerprint density at radius 2 is 1.86 bits per heavy atom. The highest BCUT2D eigenvalue weighted by Gasteiger charge is 2.63. The summed E-state index contributed by atoms with van der Waals surface area (Å²) in [5.74, 6) is 0.874. The molecule has 200 valence electrons. The van der Waals surface area contributed by atoms with Crippen LogP contribution in [0, 0.1) is 17.3 Å². The molecule has 37 heavy (non-hydrogen) atoms. The van der Waals surface area contributed by atoms with Crippen LogP contribution in [0.15, 0.2) is 52.2 Å². The Morgan fingerprint density at radius 1 is 1.14 bits per heavy atom. The van der Waals surface area contributed by atoms with Crippen LogP contribution in [0.3, 0.4) is 0 Å². The molecule has 1 N–H and O–H groups in total. The molecule has 0 heterocycles. The monoisotopic (exact) mass is 517 g/mol. The van der Waals surface area contributed by atoms with Gasteiger partial charge in [0.15, 0.2) is 11.5 Å². The lowest BCUT2D eigenvalue weighted by atomic mass is 9.51. The van der Waals surface area contributed by atoms with Crippen LogP contribution in [0.5, 0.6) is 0 Å². The van der Waals surface area contributed by atoms with Crippen molar-refractivity contribution in [1.29, 1.82) is 0 Å². The number of oxime groups is 1. The zero-order chi connectivity index (χ0) is 26.6. The van der Waals surface area contributed by atoms with Crippen LogP contribution in [0.2, 0.25) is 0 Å². The van der Waals surface area contributed by atoms with Crippen LogP contribution < -0.4 is 0 Å². The van der Waals surface area contributed by atoms with E-state index < -0.39 is 17.5 Å². The number of nitrogens with zero attached hydrogens (tertiary/aromatic N) is 1. The number of ether oxygens (including phenoxy) is 2. The van der Waals surface area contributed by atoms with E-state index >= 15 is 0 Å². The van der Waals surface area contributed by atoms with E-state index in [9.17, 15) is 18.0 Å². The third-order valence-corrected chi connectivity index (χ3v) is 9.75. The lowest BCUT2D eigenvalue weighted by Gasteiger charge is -2.55. The highest BCUT2D eigenvalue weighted by molar-refractivity contribution is 6.04. The highest BCUT2D eigenvalue weighted by Crippen LogP contribution is 2.67. The lowest BCUT2D eigenvalue weighted by molar-refractivity contribution is -0.149. The van der Waals surface area contributed by atoms with Crippen molar-refractivity contribution in [2.24, 2.45) is 22.4 Å². The van der Waals surface area contributed by atoms with Gasteiger partial charge in [-0.15, -0.1) is 0 Å². The molecule has 2 fully saturated rings. The molecule has 5 nitrogen and oxygen atoms in total. The van der Waals surface area contributed by atoms with Crippen molar-refractivity contribution in [1.82, 2.24) is 0 Å². The lowest BCUT2D eigenvalue weighted by Crippen LogP contribution is -2.54. The van der Waals surface area contributed by atoms with Gasteiger partial charge in [-0.3, -0.25) is 4.79 Å². The van der Waals surface area contributed by atoms with Gasteiger partial charge in [-0.05, 0) is 73.1 Å². The Morgan fingerprint density at radius 3 is 2.49 bits per heavy atom. The second kappa shape index (κ2) is 9.38. The molecule has 8 heteroatoms. The van der Waals surface area contributed by atoms with Crippen LogP contribution in [0.25, 0.3) is 0 Å². The zero-order valence-electron chi connectivity index (χ0n) is 21.5. The summed E-state index contributed by atoms with van der Waals surface area (Å²) in [7, 11) is 3.45. The summed E-state index contributed by atoms with van der Waals surface area (Å²) in [6, 6.07) is 6.25. The number of allylic oxidation sites excluding steroid dienone is 4. The standard InChI is InChI=1S/C29H34F3NO4/c1-27-15-23(17-4-6-18(7-5-17)26(33-35)29(30,31)32)25-21-11-9-20(34)14-19(21)8-10-22(25)24(27)12-13-28(27,37-3)16-36-2/h4-7,14,22-24,35H,8-13,15-16H2,1-3H3/b33-26+/t22-,23+,24-,27-,28+/m0/s1. The number of rotatable bonds is 5. The molecule has 2 saturated carbocycles. The van der Waals surface area contributed by atoms with E-state index in [0.717, 1.165) is 49.7 Å². The molecule has 5 atom stereocenters. The summed E-state index contributed by atoms with van der Waals surface area (Å²) in [6.45, 7) is 2.79. The third kappa shape index (κ3) is 4.07. The number of carbonyl (C=O) groups excluding carboxylic acids is 1. The van der Waals surface area contributed by atoms with Gasteiger partial charge < -0.3 is 14.7 Å². The molecular weight excluding hydrogens is 483 g/mol. The molecule has 4 aliphatic carbocycles. The van der Waals surface area contributed by atoms with Crippen LogP contribution in [0.4, 0.5) is 13.2 Å². The van der Waals surface area contributed by atoms with Gasteiger partial charge in [-0.2, -0.15) is 13.2 Å². The maximum Gasteiger partial charge on any atom is 0.437 e. The van der Waals surface area contributed by atoms with Crippen molar-refractivity contribution in [3.05, 3.63) is 58.2 Å². The Bertz CT molecular complexity index is 1170. The molecule has 0 aromatic heterocycles. The number of fused-ring (bicyclic) bond motifs is 4. The van der Waals surface area contributed by atoms with Crippen LogP contribution >= 0.6 is 0 Å². The van der Waals surface area contributed by atoms with Crippen molar-refractivity contribution in [2.75, 3.05) is 20.8 Å². The van der Waals surface area contributed by atoms with Gasteiger partial charge in [-0.25, -0.2) is 0 Å².